The normalized spacial score (nSPS) is 14.1. The maximum Gasteiger partial charge on any atom is 0.220 e. The van der Waals surface area contributed by atoms with Gasteiger partial charge in [-0.2, -0.15) is 0 Å². The van der Waals surface area contributed by atoms with E-state index in [1.165, 1.54) is 0 Å². The third kappa shape index (κ3) is 4.02. The maximum absolute atomic E-state index is 11.7. The number of hydrogen-bond acceptors (Lipinski definition) is 2. The van der Waals surface area contributed by atoms with Crippen molar-refractivity contribution in [1.82, 2.24) is 5.32 Å². The zero-order chi connectivity index (χ0) is 12.7. The minimum atomic E-state index is -0.731. The molecule has 0 saturated carbocycles. The summed E-state index contributed by atoms with van der Waals surface area (Å²) in [5, 5.41) is 12.3. The Labute approximate surface area is 107 Å². The largest absolute Gasteiger partial charge is 0.394 e. The highest BCUT2D eigenvalue weighted by Gasteiger charge is 2.27. The fourth-order valence-corrected chi connectivity index (χ4v) is 1.74. The Morgan fingerprint density at radius 3 is 2.59 bits per heavy atom. The molecule has 94 valence electrons. The standard InChI is InChI=1S/C13H18ClNO2/c1-13(10-16,11-6-3-2-4-7-11)15-12(17)8-5-9-14/h2-4,6-7,16H,5,8-10H2,1H3,(H,15,17). The molecule has 4 heteroatoms. The molecule has 0 aromatic heterocycles. The first kappa shape index (κ1) is 14.0. The van der Waals surface area contributed by atoms with E-state index in [0.29, 0.717) is 18.7 Å². The van der Waals surface area contributed by atoms with Gasteiger partial charge in [-0.15, -0.1) is 11.6 Å². The number of rotatable bonds is 6. The zero-order valence-corrected chi connectivity index (χ0v) is 10.7. The fourth-order valence-electron chi connectivity index (χ4n) is 1.61. The summed E-state index contributed by atoms with van der Waals surface area (Å²) in [5.74, 6) is 0.375. The van der Waals surface area contributed by atoms with Gasteiger partial charge in [-0.1, -0.05) is 30.3 Å². The van der Waals surface area contributed by atoms with E-state index in [0.717, 1.165) is 5.56 Å². The number of halogens is 1. The van der Waals surface area contributed by atoms with Gasteiger partial charge < -0.3 is 10.4 Å². The molecule has 1 aromatic rings. The Hall–Kier alpha value is -1.06. The Kier molecular flexibility index (Phi) is 5.45. The molecule has 1 atom stereocenters. The van der Waals surface area contributed by atoms with Crippen LogP contribution in [0.1, 0.15) is 25.3 Å². The van der Waals surface area contributed by atoms with Gasteiger partial charge in [-0.3, -0.25) is 4.79 Å². The van der Waals surface area contributed by atoms with Crippen LogP contribution in [0, 0.1) is 0 Å². The number of carbonyl (C=O) groups excluding carboxylic acids is 1. The molecule has 0 fully saturated rings. The maximum atomic E-state index is 11.7. The van der Waals surface area contributed by atoms with E-state index in [1.54, 1.807) is 6.92 Å². The molecule has 0 radical (unpaired) electrons. The van der Waals surface area contributed by atoms with Crippen LogP contribution in [0.2, 0.25) is 0 Å². The van der Waals surface area contributed by atoms with Crippen molar-refractivity contribution in [2.24, 2.45) is 0 Å². The van der Waals surface area contributed by atoms with Crippen LogP contribution in [-0.2, 0) is 10.3 Å². The van der Waals surface area contributed by atoms with Crippen molar-refractivity contribution in [1.29, 1.82) is 0 Å². The molecule has 1 rings (SSSR count). The molecule has 0 aliphatic carbocycles. The highest BCUT2D eigenvalue weighted by atomic mass is 35.5. The van der Waals surface area contributed by atoms with Crippen molar-refractivity contribution in [3.8, 4) is 0 Å². The molecule has 0 aliphatic rings. The minimum absolute atomic E-state index is 0.0916. The van der Waals surface area contributed by atoms with Gasteiger partial charge in [-0.25, -0.2) is 0 Å². The first-order valence-electron chi connectivity index (χ1n) is 5.66. The molecule has 0 spiro atoms. The van der Waals surface area contributed by atoms with Crippen LogP contribution in [0.3, 0.4) is 0 Å². The summed E-state index contributed by atoms with van der Waals surface area (Å²) in [7, 11) is 0. The lowest BCUT2D eigenvalue weighted by Gasteiger charge is -2.29. The van der Waals surface area contributed by atoms with Crippen molar-refractivity contribution < 1.29 is 9.90 Å². The number of alkyl halides is 1. The van der Waals surface area contributed by atoms with Gasteiger partial charge in [-0.05, 0) is 18.9 Å². The second-order valence-electron chi connectivity index (χ2n) is 4.20. The summed E-state index contributed by atoms with van der Waals surface area (Å²) in [5.41, 5.74) is 0.159. The zero-order valence-electron chi connectivity index (χ0n) is 9.95. The van der Waals surface area contributed by atoms with E-state index >= 15 is 0 Å². The molecule has 0 bridgehead atoms. The van der Waals surface area contributed by atoms with Crippen LogP contribution < -0.4 is 5.32 Å². The van der Waals surface area contributed by atoms with Gasteiger partial charge in [0.25, 0.3) is 0 Å². The van der Waals surface area contributed by atoms with Crippen molar-refractivity contribution in [2.75, 3.05) is 12.5 Å². The molecule has 0 heterocycles. The third-order valence-corrected chi connectivity index (χ3v) is 2.95. The van der Waals surface area contributed by atoms with E-state index in [9.17, 15) is 9.90 Å². The van der Waals surface area contributed by atoms with Crippen LogP contribution in [0.15, 0.2) is 30.3 Å². The summed E-state index contributed by atoms with van der Waals surface area (Å²) in [6.07, 6.45) is 1.02. The summed E-state index contributed by atoms with van der Waals surface area (Å²) in [6.45, 7) is 1.67. The molecule has 1 aromatic carbocycles. The lowest BCUT2D eigenvalue weighted by atomic mass is 9.92. The predicted octanol–water partition coefficient (Wildman–Crippen LogP) is 2.03. The predicted molar refractivity (Wildman–Crippen MR) is 69.0 cm³/mol. The number of amides is 1. The number of carbonyl (C=O) groups is 1. The van der Waals surface area contributed by atoms with Crippen molar-refractivity contribution in [3.05, 3.63) is 35.9 Å². The molecule has 0 saturated heterocycles. The smallest absolute Gasteiger partial charge is 0.220 e. The molecular formula is C13H18ClNO2. The summed E-state index contributed by atoms with van der Waals surface area (Å²) in [4.78, 5) is 11.7. The number of hydrogen-bond donors (Lipinski definition) is 2. The lowest BCUT2D eigenvalue weighted by Crippen LogP contribution is -2.46. The van der Waals surface area contributed by atoms with Crippen LogP contribution in [0.4, 0.5) is 0 Å². The SMILES string of the molecule is CC(CO)(NC(=O)CCCCl)c1ccccc1. The van der Waals surface area contributed by atoms with Crippen molar-refractivity contribution in [2.45, 2.75) is 25.3 Å². The number of aliphatic hydroxyl groups excluding tert-OH is 1. The van der Waals surface area contributed by atoms with Crippen LogP contribution in [-0.4, -0.2) is 23.5 Å². The Balaban J connectivity index is 2.72. The highest BCUT2D eigenvalue weighted by Crippen LogP contribution is 2.19. The van der Waals surface area contributed by atoms with Gasteiger partial charge in [0, 0.05) is 12.3 Å². The Bertz CT molecular complexity index is 356. The number of aliphatic hydroxyl groups is 1. The van der Waals surface area contributed by atoms with Gasteiger partial charge in [0.05, 0.1) is 12.1 Å². The van der Waals surface area contributed by atoms with Crippen LogP contribution in [0.25, 0.3) is 0 Å². The molecule has 1 unspecified atom stereocenters. The quantitative estimate of drug-likeness (QED) is 0.765. The van der Waals surface area contributed by atoms with E-state index < -0.39 is 5.54 Å². The van der Waals surface area contributed by atoms with Crippen LogP contribution >= 0.6 is 11.6 Å². The van der Waals surface area contributed by atoms with E-state index in [-0.39, 0.29) is 12.5 Å². The summed E-state index contributed by atoms with van der Waals surface area (Å²) < 4.78 is 0. The molecule has 3 nitrogen and oxygen atoms in total. The van der Waals surface area contributed by atoms with Gasteiger partial charge in [0.2, 0.25) is 5.91 Å². The Morgan fingerprint density at radius 2 is 2.06 bits per heavy atom. The van der Waals surface area contributed by atoms with E-state index in [2.05, 4.69) is 5.32 Å². The van der Waals surface area contributed by atoms with E-state index in [4.69, 9.17) is 11.6 Å². The first-order valence-corrected chi connectivity index (χ1v) is 6.19. The summed E-state index contributed by atoms with van der Waals surface area (Å²) >= 11 is 5.54. The second kappa shape index (κ2) is 6.62. The number of benzene rings is 1. The highest BCUT2D eigenvalue weighted by molar-refractivity contribution is 6.17. The first-order chi connectivity index (χ1) is 8.12. The van der Waals surface area contributed by atoms with Gasteiger partial charge in [0.15, 0.2) is 0 Å². The van der Waals surface area contributed by atoms with Crippen molar-refractivity contribution >= 4 is 17.5 Å². The van der Waals surface area contributed by atoms with Gasteiger partial charge >= 0.3 is 0 Å². The van der Waals surface area contributed by atoms with Crippen molar-refractivity contribution in [3.63, 3.8) is 0 Å². The lowest BCUT2D eigenvalue weighted by molar-refractivity contribution is -0.123. The van der Waals surface area contributed by atoms with E-state index in [1.807, 2.05) is 30.3 Å². The molecule has 17 heavy (non-hydrogen) atoms. The molecule has 1 amide bonds. The second-order valence-corrected chi connectivity index (χ2v) is 4.57. The number of nitrogens with one attached hydrogen (secondary N) is 1. The fraction of sp³-hybridized carbons (Fsp3) is 0.462. The third-order valence-electron chi connectivity index (χ3n) is 2.68. The molecule has 0 aliphatic heterocycles. The van der Waals surface area contributed by atoms with Gasteiger partial charge in [0.1, 0.15) is 0 Å². The van der Waals surface area contributed by atoms with Crippen LogP contribution in [0.5, 0.6) is 0 Å². The Morgan fingerprint density at radius 1 is 1.41 bits per heavy atom. The monoisotopic (exact) mass is 255 g/mol. The molecular weight excluding hydrogens is 238 g/mol. The minimum Gasteiger partial charge on any atom is -0.394 e. The topological polar surface area (TPSA) is 49.3 Å². The average Bonchev–Trinajstić information content (AvgIpc) is 2.37. The summed E-state index contributed by atoms with van der Waals surface area (Å²) in [6, 6.07) is 9.44. The average molecular weight is 256 g/mol. The molecule has 2 N–H and O–H groups in total.